The van der Waals surface area contributed by atoms with E-state index in [9.17, 15) is 14.7 Å². The number of hydrogen-bond donors (Lipinski definition) is 1. The lowest BCUT2D eigenvalue weighted by Gasteiger charge is -2.38. The van der Waals surface area contributed by atoms with E-state index in [-0.39, 0.29) is 24.3 Å². The van der Waals surface area contributed by atoms with E-state index >= 15 is 4.79 Å². The quantitative estimate of drug-likeness (QED) is 0.178. The van der Waals surface area contributed by atoms with E-state index in [1.165, 1.54) is 0 Å². The van der Waals surface area contributed by atoms with Crippen LogP contribution in [0.3, 0.4) is 0 Å². The van der Waals surface area contributed by atoms with Crippen molar-refractivity contribution < 1.29 is 19.5 Å². The number of thioether (sulfide) groups is 1. The van der Waals surface area contributed by atoms with E-state index in [0.717, 1.165) is 35.0 Å². The molecule has 3 fully saturated rings. The van der Waals surface area contributed by atoms with Crippen LogP contribution in [0, 0.1) is 11.8 Å². The Kier molecular flexibility index (Phi) is 9.12. The summed E-state index contributed by atoms with van der Waals surface area (Å²) < 4.78 is -1.22. The van der Waals surface area contributed by atoms with Gasteiger partial charge in [0.05, 0.1) is 16.6 Å². The van der Waals surface area contributed by atoms with Gasteiger partial charge in [-0.3, -0.25) is 14.4 Å². The molecule has 240 valence electrons. The maximum atomic E-state index is 15.0. The van der Waals surface area contributed by atoms with Gasteiger partial charge < -0.3 is 19.8 Å². The largest absolute Gasteiger partial charge is 0.396 e. The number of aliphatic hydroxyl groups is 1. The molecule has 1 spiro atoms. The molecule has 2 bridgehead atoms. The van der Waals surface area contributed by atoms with Gasteiger partial charge in [0.2, 0.25) is 11.8 Å². The third kappa shape index (κ3) is 5.35. The zero-order valence-corrected chi connectivity index (χ0v) is 27.3. The highest BCUT2D eigenvalue weighted by atomic mass is 32.2. The first-order chi connectivity index (χ1) is 22.3. The van der Waals surface area contributed by atoms with Gasteiger partial charge in [-0.1, -0.05) is 60.7 Å². The Labute approximate surface area is 275 Å². The Hall–Kier alpha value is -3.88. The van der Waals surface area contributed by atoms with Crippen molar-refractivity contribution in [2.45, 2.75) is 54.6 Å². The van der Waals surface area contributed by atoms with Crippen molar-refractivity contribution in [2.75, 3.05) is 36.0 Å². The minimum atomic E-state index is -0.729. The van der Waals surface area contributed by atoms with Crippen LogP contribution in [0.25, 0.3) is 10.8 Å². The van der Waals surface area contributed by atoms with Gasteiger partial charge in [0.25, 0.3) is 5.91 Å². The SMILES string of the molecule is C=CCN(C(=O)C1N(CCCCCO)C(=O)[C@@H]2[C@@H](C(=O)N(CC=C)c3ccccc3)[C@@]3(C)CCC12S3)c1ccc2ccccc2c1. The van der Waals surface area contributed by atoms with Crippen LogP contribution in [0.4, 0.5) is 11.4 Å². The molecule has 3 heterocycles. The zero-order valence-electron chi connectivity index (χ0n) is 26.5. The summed E-state index contributed by atoms with van der Waals surface area (Å²) in [6, 6.07) is 22.9. The third-order valence-electron chi connectivity index (χ3n) is 10.1. The first kappa shape index (κ1) is 32.1. The van der Waals surface area contributed by atoms with Crippen molar-refractivity contribution in [3.63, 3.8) is 0 Å². The fourth-order valence-corrected chi connectivity index (χ4v) is 10.4. The van der Waals surface area contributed by atoms with Crippen molar-refractivity contribution >= 4 is 51.6 Å². The van der Waals surface area contributed by atoms with Crippen molar-refractivity contribution in [1.29, 1.82) is 0 Å². The van der Waals surface area contributed by atoms with Crippen LogP contribution in [-0.4, -0.2) is 69.5 Å². The molecule has 0 radical (unpaired) electrons. The standard InChI is InChI=1S/C38H43N3O4S/c1-4-22-39(29-16-8-6-9-17-29)34(43)31-32-35(44)41(24-12-7-13-25-42)33(38(32)21-20-37(31,3)46-38)36(45)40(23-5-2)30-19-18-27-14-10-11-15-28(27)26-30/h4-6,8-11,14-19,26,31-33,42H,1-2,7,12-13,20-25H2,3H3/t31-,32-,33?,37+,38?/m0/s1. The number of anilines is 2. The normalized spacial score (nSPS) is 26.3. The number of nitrogens with zero attached hydrogens (tertiary/aromatic N) is 3. The monoisotopic (exact) mass is 637 g/mol. The van der Waals surface area contributed by atoms with Crippen molar-refractivity contribution in [2.24, 2.45) is 11.8 Å². The highest BCUT2D eigenvalue weighted by Crippen LogP contribution is 2.71. The van der Waals surface area contributed by atoms with E-state index in [1.54, 1.807) is 38.6 Å². The van der Waals surface area contributed by atoms with Crippen LogP contribution in [-0.2, 0) is 14.4 Å². The highest BCUT2D eigenvalue weighted by Gasteiger charge is 2.77. The molecule has 3 amide bonds. The van der Waals surface area contributed by atoms with Gasteiger partial charge in [0.1, 0.15) is 6.04 Å². The van der Waals surface area contributed by atoms with Crippen molar-refractivity contribution in [3.8, 4) is 0 Å². The molecule has 1 N–H and O–H groups in total. The van der Waals surface area contributed by atoms with Gasteiger partial charge in [0, 0.05) is 42.4 Å². The Morgan fingerprint density at radius 3 is 2.26 bits per heavy atom. The highest BCUT2D eigenvalue weighted by molar-refractivity contribution is 8.02. The predicted molar refractivity (Wildman–Crippen MR) is 187 cm³/mol. The molecule has 3 aromatic rings. The lowest BCUT2D eigenvalue weighted by atomic mass is 9.66. The Balaban J connectivity index is 1.42. The molecule has 0 aliphatic carbocycles. The molecule has 0 saturated carbocycles. The van der Waals surface area contributed by atoms with Crippen molar-refractivity contribution in [3.05, 3.63) is 98.1 Å². The first-order valence-electron chi connectivity index (χ1n) is 16.3. The molecule has 2 unspecified atom stereocenters. The topological polar surface area (TPSA) is 81.2 Å². The van der Waals surface area contributed by atoms with E-state index in [2.05, 4.69) is 20.1 Å². The molecule has 46 heavy (non-hydrogen) atoms. The molecule has 0 aromatic heterocycles. The van der Waals surface area contributed by atoms with Gasteiger partial charge in [-0.25, -0.2) is 0 Å². The summed E-state index contributed by atoms with van der Waals surface area (Å²) >= 11 is 1.69. The van der Waals surface area contributed by atoms with E-state index in [1.807, 2.05) is 72.8 Å². The minimum absolute atomic E-state index is 0.0847. The number of fused-ring (bicyclic) bond motifs is 2. The number of rotatable bonds is 13. The maximum absolute atomic E-state index is 15.0. The number of amides is 3. The van der Waals surface area contributed by atoms with Crippen LogP contribution in [0.1, 0.15) is 39.0 Å². The summed E-state index contributed by atoms with van der Waals surface area (Å²) in [6.07, 6.45) is 6.92. The summed E-state index contributed by atoms with van der Waals surface area (Å²) in [4.78, 5) is 49.6. The molecule has 5 atom stereocenters. The molecular formula is C38H43N3O4S. The smallest absolute Gasteiger partial charge is 0.251 e. The number of hydrogen-bond acceptors (Lipinski definition) is 5. The van der Waals surface area contributed by atoms with Crippen molar-refractivity contribution in [1.82, 2.24) is 4.90 Å². The molecule has 3 aliphatic rings. The van der Waals surface area contributed by atoms with E-state index in [4.69, 9.17) is 0 Å². The summed E-state index contributed by atoms with van der Waals surface area (Å²) in [7, 11) is 0. The molecule has 6 rings (SSSR count). The average molecular weight is 638 g/mol. The summed E-state index contributed by atoms with van der Waals surface area (Å²) in [5.41, 5.74) is 1.53. The average Bonchev–Trinajstić information content (AvgIpc) is 3.64. The molecule has 3 saturated heterocycles. The summed E-state index contributed by atoms with van der Waals surface area (Å²) in [5.74, 6) is -1.53. The number of benzene rings is 3. The van der Waals surface area contributed by atoms with Crippen LogP contribution >= 0.6 is 11.8 Å². The third-order valence-corrected chi connectivity index (χ3v) is 12.1. The Bertz CT molecular complexity index is 1650. The summed E-state index contributed by atoms with van der Waals surface area (Å²) in [6.45, 7) is 11.1. The predicted octanol–water partition coefficient (Wildman–Crippen LogP) is 6.22. The number of carbonyl (C=O) groups excluding carboxylic acids is 3. The van der Waals surface area contributed by atoms with Gasteiger partial charge >= 0.3 is 0 Å². The number of likely N-dealkylation sites (tertiary alicyclic amines) is 1. The second-order valence-electron chi connectivity index (χ2n) is 12.9. The van der Waals surface area contributed by atoms with Crippen LogP contribution in [0.2, 0.25) is 0 Å². The lowest BCUT2D eigenvalue weighted by molar-refractivity contribution is -0.139. The molecule has 3 aromatic carbocycles. The number of unbranched alkanes of at least 4 members (excludes halogenated alkanes) is 2. The Morgan fingerprint density at radius 2 is 1.57 bits per heavy atom. The zero-order chi connectivity index (χ0) is 32.5. The minimum Gasteiger partial charge on any atom is -0.396 e. The second kappa shape index (κ2) is 13.1. The van der Waals surface area contributed by atoms with Gasteiger partial charge in [-0.2, -0.15) is 0 Å². The molecule has 8 heteroatoms. The number of aliphatic hydroxyl groups excluding tert-OH is 1. The second-order valence-corrected chi connectivity index (χ2v) is 14.8. The number of carbonyl (C=O) groups is 3. The maximum Gasteiger partial charge on any atom is 0.251 e. The fourth-order valence-electron chi connectivity index (χ4n) is 8.06. The summed E-state index contributed by atoms with van der Waals surface area (Å²) in [5, 5.41) is 11.5. The fraction of sp³-hybridized carbons (Fsp3) is 0.395. The Morgan fingerprint density at radius 1 is 0.891 bits per heavy atom. The van der Waals surface area contributed by atoms with Crippen LogP contribution in [0.5, 0.6) is 0 Å². The number of para-hydroxylation sites is 1. The molecular weight excluding hydrogens is 595 g/mol. The van der Waals surface area contributed by atoms with E-state index in [0.29, 0.717) is 38.9 Å². The first-order valence-corrected chi connectivity index (χ1v) is 17.1. The molecule has 3 aliphatic heterocycles. The van der Waals surface area contributed by atoms with E-state index < -0.39 is 27.4 Å². The van der Waals surface area contributed by atoms with Gasteiger partial charge in [-0.15, -0.1) is 24.9 Å². The lowest BCUT2D eigenvalue weighted by Crippen LogP contribution is -2.55. The van der Waals surface area contributed by atoms with Crippen LogP contribution < -0.4 is 9.80 Å². The molecule has 7 nitrogen and oxygen atoms in total. The van der Waals surface area contributed by atoms with Gasteiger partial charge in [0.15, 0.2) is 0 Å². The van der Waals surface area contributed by atoms with Gasteiger partial charge in [-0.05, 0) is 74.1 Å². The van der Waals surface area contributed by atoms with Crippen LogP contribution in [0.15, 0.2) is 98.1 Å².